The number of thiophene rings is 1. The van der Waals surface area contributed by atoms with Gasteiger partial charge in [0.15, 0.2) is 17.5 Å². The van der Waals surface area contributed by atoms with Gasteiger partial charge in [-0.2, -0.15) is 4.31 Å². The zero-order valence-electron chi connectivity index (χ0n) is 15.4. The molecular formula is C20H15F3N2O3S2. The molecule has 3 aromatic rings. The predicted octanol–water partition coefficient (Wildman–Crippen LogP) is 4.16. The summed E-state index contributed by atoms with van der Waals surface area (Å²) in [6.45, 7) is 0.432. The van der Waals surface area contributed by atoms with Crippen molar-refractivity contribution in [2.24, 2.45) is 0 Å². The van der Waals surface area contributed by atoms with Gasteiger partial charge in [-0.1, -0.05) is 24.3 Å². The van der Waals surface area contributed by atoms with Crippen LogP contribution in [0.1, 0.15) is 20.8 Å². The van der Waals surface area contributed by atoms with Crippen LogP contribution in [0.2, 0.25) is 0 Å². The van der Waals surface area contributed by atoms with Gasteiger partial charge in [-0.3, -0.25) is 4.79 Å². The predicted molar refractivity (Wildman–Crippen MR) is 106 cm³/mol. The van der Waals surface area contributed by atoms with E-state index < -0.39 is 39.1 Å². The van der Waals surface area contributed by atoms with Gasteiger partial charge in [0.25, 0.3) is 5.91 Å². The van der Waals surface area contributed by atoms with Crippen LogP contribution in [0.3, 0.4) is 0 Å². The fourth-order valence-corrected chi connectivity index (χ4v) is 6.00. The summed E-state index contributed by atoms with van der Waals surface area (Å²) in [7, 11) is -4.00. The van der Waals surface area contributed by atoms with Crippen LogP contribution in [0.5, 0.6) is 0 Å². The first-order chi connectivity index (χ1) is 14.3. The van der Waals surface area contributed by atoms with E-state index in [1.54, 1.807) is 0 Å². The highest BCUT2D eigenvalue weighted by atomic mass is 32.2. The molecule has 0 unspecified atom stereocenters. The summed E-state index contributed by atoms with van der Waals surface area (Å²) in [6.07, 6.45) is 0.543. The molecule has 5 nitrogen and oxygen atoms in total. The average molecular weight is 452 g/mol. The normalized spacial score (nSPS) is 14.4. The molecule has 0 saturated carbocycles. The molecule has 1 aromatic heterocycles. The number of anilines is 1. The van der Waals surface area contributed by atoms with Crippen LogP contribution in [0.4, 0.5) is 18.9 Å². The monoisotopic (exact) mass is 452 g/mol. The maximum atomic E-state index is 13.9. The molecule has 0 fully saturated rings. The molecule has 1 amide bonds. The zero-order chi connectivity index (χ0) is 21.5. The maximum Gasteiger partial charge on any atom is 0.267 e. The Balaban J connectivity index is 1.61. The molecule has 0 saturated heterocycles. The van der Waals surface area contributed by atoms with E-state index in [4.69, 9.17) is 0 Å². The lowest BCUT2D eigenvalue weighted by molar-refractivity contribution is 0.102. The van der Waals surface area contributed by atoms with E-state index in [0.717, 1.165) is 28.5 Å². The summed E-state index contributed by atoms with van der Waals surface area (Å²) in [5.41, 5.74) is 1.38. The minimum absolute atomic E-state index is 0.169. The van der Waals surface area contributed by atoms with Gasteiger partial charge in [-0.05, 0) is 41.1 Å². The standard InChI is InChI=1S/C20H15F3N2O3S2/c21-14-5-6-15(18(23)17(14)22)24-20(26)19-16(8-10-29-19)30(27,28)25-9-7-12-3-1-2-4-13(12)11-25/h1-6,8,10H,7,9,11H2,(H,24,26). The molecule has 0 bridgehead atoms. The molecule has 1 N–H and O–H groups in total. The van der Waals surface area contributed by atoms with E-state index in [0.29, 0.717) is 12.5 Å². The minimum atomic E-state index is -4.00. The Bertz CT molecular complexity index is 1240. The summed E-state index contributed by atoms with van der Waals surface area (Å²) in [5.74, 6) is -5.60. The van der Waals surface area contributed by atoms with Crippen molar-refractivity contribution in [3.05, 3.63) is 81.3 Å². The average Bonchev–Trinajstić information content (AvgIpc) is 3.25. The van der Waals surface area contributed by atoms with E-state index in [1.807, 2.05) is 24.3 Å². The lowest BCUT2D eigenvalue weighted by Gasteiger charge is -2.28. The molecule has 2 aromatic carbocycles. The Kier molecular flexibility index (Phi) is 5.39. The maximum absolute atomic E-state index is 13.9. The van der Waals surface area contributed by atoms with Gasteiger partial charge in [0, 0.05) is 13.1 Å². The fourth-order valence-electron chi connectivity index (χ4n) is 3.28. The molecule has 0 radical (unpaired) electrons. The first-order valence-electron chi connectivity index (χ1n) is 8.88. The Morgan fingerprint density at radius 3 is 2.50 bits per heavy atom. The van der Waals surface area contributed by atoms with Crippen molar-refractivity contribution in [3.8, 4) is 0 Å². The zero-order valence-corrected chi connectivity index (χ0v) is 17.0. The van der Waals surface area contributed by atoms with Crippen molar-refractivity contribution in [1.82, 2.24) is 4.31 Å². The number of halogens is 3. The quantitative estimate of drug-likeness (QED) is 0.605. The van der Waals surface area contributed by atoms with Crippen molar-refractivity contribution in [2.75, 3.05) is 11.9 Å². The second-order valence-electron chi connectivity index (χ2n) is 6.65. The van der Waals surface area contributed by atoms with Crippen molar-refractivity contribution in [3.63, 3.8) is 0 Å². The second kappa shape index (κ2) is 7.86. The molecule has 4 rings (SSSR count). The fraction of sp³-hybridized carbons (Fsp3) is 0.150. The number of carbonyl (C=O) groups is 1. The van der Waals surface area contributed by atoms with Gasteiger partial charge in [0.2, 0.25) is 10.0 Å². The third kappa shape index (κ3) is 3.62. The lowest BCUT2D eigenvalue weighted by atomic mass is 10.0. The number of nitrogens with zero attached hydrogens (tertiary/aromatic N) is 1. The third-order valence-corrected chi connectivity index (χ3v) is 7.76. The van der Waals surface area contributed by atoms with Gasteiger partial charge in [0.05, 0.1) is 5.69 Å². The van der Waals surface area contributed by atoms with E-state index in [2.05, 4.69) is 5.32 Å². The van der Waals surface area contributed by atoms with Gasteiger partial charge in [-0.25, -0.2) is 21.6 Å². The number of hydrogen-bond donors (Lipinski definition) is 1. The van der Waals surface area contributed by atoms with Crippen LogP contribution in [0, 0.1) is 17.5 Å². The summed E-state index contributed by atoms with van der Waals surface area (Å²) in [4.78, 5) is 12.2. The number of sulfonamides is 1. The Labute approximate surface area is 174 Å². The third-order valence-electron chi connectivity index (χ3n) is 4.83. The van der Waals surface area contributed by atoms with Crippen LogP contribution in [0.25, 0.3) is 0 Å². The first-order valence-corrected chi connectivity index (χ1v) is 11.2. The number of rotatable bonds is 4. The van der Waals surface area contributed by atoms with Crippen molar-refractivity contribution < 1.29 is 26.4 Å². The lowest BCUT2D eigenvalue weighted by Crippen LogP contribution is -2.36. The van der Waals surface area contributed by atoms with Crippen LogP contribution in [-0.4, -0.2) is 25.2 Å². The number of hydrogen-bond acceptors (Lipinski definition) is 4. The molecule has 0 aliphatic carbocycles. The summed E-state index contributed by atoms with van der Waals surface area (Å²) in [6, 6.07) is 10.4. The number of benzene rings is 2. The molecule has 1 aliphatic rings. The molecule has 0 atom stereocenters. The summed E-state index contributed by atoms with van der Waals surface area (Å²) in [5, 5.41) is 3.55. The van der Waals surface area contributed by atoms with Gasteiger partial charge < -0.3 is 5.32 Å². The van der Waals surface area contributed by atoms with Crippen LogP contribution in [-0.2, 0) is 23.0 Å². The smallest absolute Gasteiger partial charge is 0.267 e. The minimum Gasteiger partial charge on any atom is -0.319 e. The van der Waals surface area contributed by atoms with Crippen molar-refractivity contribution in [2.45, 2.75) is 17.9 Å². The number of nitrogens with one attached hydrogen (secondary N) is 1. The van der Waals surface area contributed by atoms with E-state index in [9.17, 15) is 26.4 Å². The van der Waals surface area contributed by atoms with Gasteiger partial charge >= 0.3 is 0 Å². The molecule has 2 heterocycles. The summed E-state index contributed by atoms with van der Waals surface area (Å²) < 4.78 is 68.0. The SMILES string of the molecule is O=C(Nc1ccc(F)c(F)c1F)c1sccc1S(=O)(=O)N1CCc2ccccc2C1. The number of amides is 1. The molecular weight excluding hydrogens is 437 g/mol. The topological polar surface area (TPSA) is 66.5 Å². The Morgan fingerprint density at radius 2 is 1.73 bits per heavy atom. The van der Waals surface area contributed by atoms with Gasteiger partial charge in [0.1, 0.15) is 9.77 Å². The molecule has 156 valence electrons. The van der Waals surface area contributed by atoms with Gasteiger partial charge in [-0.15, -0.1) is 11.3 Å². The van der Waals surface area contributed by atoms with E-state index in [1.165, 1.54) is 15.8 Å². The van der Waals surface area contributed by atoms with Crippen LogP contribution < -0.4 is 5.32 Å². The first kappa shape index (κ1) is 20.6. The Hall–Kier alpha value is -2.69. The molecule has 30 heavy (non-hydrogen) atoms. The highest BCUT2D eigenvalue weighted by Crippen LogP contribution is 2.30. The molecule has 0 spiro atoms. The second-order valence-corrected chi connectivity index (χ2v) is 9.47. The summed E-state index contributed by atoms with van der Waals surface area (Å²) >= 11 is 0.858. The number of fused-ring (bicyclic) bond motifs is 1. The number of carbonyl (C=O) groups excluding carboxylic acids is 1. The highest BCUT2D eigenvalue weighted by molar-refractivity contribution is 7.89. The van der Waals surface area contributed by atoms with Crippen molar-refractivity contribution >= 4 is 33.0 Å². The molecule has 1 aliphatic heterocycles. The van der Waals surface area contributed by atoms with E-state index in [-0.39, 0.29) is 22.9 Å². The Morgan fingerprint density at radius 1 is 1.00 bits per heavy atom. The van der Waals surface area contributed by atoms with Crippen LogP contribution in [0.15, 0.2) is 52.7 Å². The van der Waals surface area contributed by atoms with Crippen molar-refractivity contribution in [1.29, 1.82) is 0 Å². The van der Waals surface area contributed by atoms with Crippen LogP contribution >= 0.6 is 11.3 Å². The highest BCUT2D eigenvalue weighted by Gasteiger charge is 2.32. The molecule has 10 heteroatoms. The van der Waals surface area contributed by atoms with E-state index >= 15 is 0 Å². The largest absolute Gasteiger partial charge is 0.319 e.